The molecule has 96 valence electrons. The monoisotopic (exact) mass is 248 g/mol. The van der Waals surface area contributed by atoms with Crippen molar-refractivity contribution in [1.82, 2.24) is 4.98 Å². The zero-order valence-electron chi connectivity index (χ0n) is 9.70. The molecule has 0 unspecified atom stereocenters. The summed E-state index contributed by atoms with van der Waals surface area (Å²) >= 11 is 0. The number of alkyl halides is 3. The Hall–Kier alpha value is -1.30. The van der Waals surface area contributed by atoms with Crippen LogP contribution in [0.1, 0.15) is 25.5 Å². The van der Waals surface area contributed by atoms with E-state index >= 15 is 0 Å². The Labute approximate surface area is 97.9 Å². The predicted molar refractivity (Wildman–Crippen MR) is 58.8 cm³/mol. The van der Waals surface area contributed by atoms with E-state index in [1.54, 1.807) is 19.9 Å². The molecule has 1 atom stereocenters. The van der Waals surface area contributed by atoms with Gasteiger partial charge >= 0.3 is 6.18 Å². The van der Waals surface area contributed by atoms with E-state index in [1.807, 2.05) is 0 Å². The van der Waals surface area contributed by atoms with Gasteiger partial charge in [0.15, 0.2) is 0 Å². The third kappa shape index (κ3) is 4.22. The van der Waals surface area contributed by atoms with Gasteiger partial charge in [0.25, 0.3) is 0 Å². The van der Waals surface area contributed by atoms with Gasteiger partial charge in [-0.15, -0.1) is 0 Å². The van der Waals surface area contributed by atoms with Crippen molar-refractivity contribution < 1.29 is 18.3 Å². The van der Waals surface area contributed by atoms with Gasteiger partial charge in [0.1, 0.15) is 12.4 Å². The maximum absolute atomic E-state index is 12.3. The van der Waals surface area contributed by atoms with Gasteiger partial charge in [-0.3, -0.25) is 0 Å². The lowest BCUT2D eigenvalue weighted by Gasteiger charge is -2.23. The maximum Gasteiger partial charge on any atom is 0.405 e. The molecule has 6 heteroatoms. The molecule has 0 aliphatic rings. The molecule has 1 N–H and O–H groups in total. The zero-order chi connectivity index (χ0) is 13.1. The molecule has 0 spiro atoms. The van der Waals surface area contributed by atoms with Crippen LogP contribution in [0.15, 0.2) is 18.3 Å². The van der Waals surface area contributed by atoms with Gasteiger partial charge in [0, 0.05) is 12.7 Å². The summed E-state index contributed by atoms with van der Waals surface area (Å²) in [5.41, 5.74) is 0.552. The summed E-state index contributed by atoms with van der Waals surface area (Å²) in [4.78, 5) is 5.01. The lowest BCUT2D eigenvalue weighted by Crippen LogP contribution is -2.34. The molecule has 3 nitrogen and oxygen atoms in total. The number of aliphatic hydroxyl groups is 1. The number of rotatable bonds is 4. The summed E-state index contributed by atoms with van der Waals surface area (Å²) in [6, 6.07) is 3.05. The summed E-state index contributed by atoms with van der Waals surface area (Å²) in [6.45, 7) is 2.34. The van der Waals surface area contributed by atoms with Crippen molar-refractivity contribution in [3.63, 3.8) is 0 Å². The van der Waals surface area contributed by atoms with E-state index in [-0.39, 0.29) is 12.4 Å². The molecule has 0 fully saturated rings. The molecule has 0 saturated carbocycles. The Morgan fingerprint density at radius 1 is 1.47 bits per heavy atom. The van der Waals surface area contributed by atoms with Crippen molar-refractivity contribution >= 4 is 5.82 Å². The van der Waals surface area contributed by atoms with Crippen LogP contribution < -0.4 is 4.90 Å². The van der Waals surface area contributed by atoms with Crippen LogP contribution in [0.4, 0.5) is 19.0 Å². The smallest absolute Gasteiger partial charge is 0.389 e. The van der Waals surface area contributed by atoms with Crippen molar-refractivity contribution in [2.24, 2.45) is 0 Å². The number of hydrogen-bond donors (Lipinski definition) is 1. The summed E-state index contributed by atoms with van der Waals surface area (Å²) in [5, 5.41) is 9.37. The van der Waals surface area contributed by atoms with Crippen molar-refractivity contribution in [2.75, 3.05) is 18.0 Å². The Morgan fingerprint density at radius 3 is 2.59 bits per heavy atom. The highest BCUT2D eigenvalue weighted by molar-refractivity contribution is 5.41. The SMILES string of the molecule is CCN(CC(F)(F)F)c1cc([C@@H](C)O)ccn1. The maximum atomic E-state index is 12.3. The fourth-order valence-corrected chi connectivity index (χ4v) is 1.44. The first-order chi connectivity index (χ1) is 7.83. The first-order valence-corrected chi connectivity index (χ1v) is 5.29. The second-order valence-corrected chi connectivity index (χ2v) is 3.75. The summed E-state index contributed by atoms with van der Waals surface area (Å²) in [6.07, 6.45) is -3.59. The Kier molecular flexibility index (Phi) is 4.34. The molecule has 17 heavy (non-hydrogen) atoms. The molecule has 0 amide bonds. The molecule has 1 rings (SSSR count). The lowest BCUT2D eigenvalue weighted by molar-refractivity contribution is -0.119. The van der Waals surface area contributed by atoms with Crippen molar-refractivity contribution in [2.45, 2.75) is 26.1 Å². The van der Waals surface area contributed by atoms with Gasteiger partial charge in [0.05, 0.1) is 6.10 Å². The van der Waals surface area contributed by atoms with E-state index in [0.29, 0.717) is 5.56 Å². The largest absolute Gasteiger partial charge is 0.405 e. The van der Waals surface area contributed by atoms with E-state index in [4.69, 9.17) is 0 Å². The topological polar surface area (TPSA) is 36.4 Å². The first-order valence-electron chi connectivity index (χ1n) is 5.29. The molecule has 0 radical (unpaired) electrons. The second kappa shape index (κ2) is 5.35. The van der Waals surface area contributed by atoms with Crippen LogP contribution in [0.5, 0.6) is 0 Å². The third-order valence-corrected chi connectivity index (χ3v) is 2.33. The molecular formula is C11H15F3N2O. The molecule has 1 aromatic rings. The Morgan fingerprint density at radius 2 is 2.12 bits per heavy atom. The van der Waals surface area contributed by atoms with Gasteiger partial charge in [-0.25, -0.2) is 4.98 Å². The van der Waals surface area contributed by atoms with Crippen LogP contribution in [0, 0.1) is 0 Å². The lowest BCUT2D eigenvalue weighted by atomic mass is 10.1. The van der Waals surface area contributed by atoms with Crippen LogP contribution in [-0.4, -0.2) is 29.4 Å². The van der Waals surface area contributed by atoms with E-state index in [9.17, 15) is 18.3 Å². The Bertz CT molecular complexity index is 366. The van der Waals surface area contributed by atoms with Gasteiger partial charge in [-0.1, -0.05) is 0 Å². The molecule has 0 aliphatic heterocycles. The second-order valence-electron chi connectivity index (χ2n) is 3.75. The van der Waals surface area contributed by atoms with Crippen molar-refractivity contribution in [1.29, 1.82) is 0 Å². The molecule has 1 heterocycles. The van der Waals surface area contributed by atoms with E-state index in [0.717, 1.165) is 4.90 Å². The number of anilines is 1. The van der Waals surface area contributed by atoms with Gasteiger partial charge < -0.3 is 10.0 Å². The number of aliphatic hydroxyl groups excluding tert-OH is 1. The zero-order valence-corrected chi connectivity index (χ0v) is 9.70. The number of hydrogen-bond acceptors (Lipinski definition) is 3. The minimum Gasteiger partial charge on any atom is -0.389 e. The first kappa shape index (κ1) is 13.8. The van der Waals surface area contributed by atoms with E-state index in [2.05, 4.69) is 4.98 Å². The van der Waals surface area contributed by atoms with Crippen LogP contribution in [0.25, 0.3) is 0 Å². The minimum atomic E-state index is -4.27. The summed E-state index contributed by atoms with van der Waals surface area (Å²) < 4.78 is 37.0. The van der Waals surface area contributed by atoms with Crippen LogP contribution >= 0.6 is 0 Å². The Balaban J connectivity index is 2.92. The van der Waals surface area contributed by atoms with Crippen LogP contribution in [0.3, 0.4) is 0 Å². The molecule has 1 aromatic heterocycles. The van der Waals surface area contributed by atoms with E-state index in [1.165, 1.54) is 12.3 Å². The molecule has 0 bridgehead atoms. The number of halogens is 3. The molecular weight excluding hydrogens is 233 g/mol. The number of aromatic nitrogens is 1. The van der Waals surface area contributed by atoms with Crippen LogP contribution in [-0.2, 0) is 0 Å². The fourth-order valence-electron chi connectivity index (χ4n) is 1.44. The summed E-state index contributed by atoms with van der Waals surface area (Å²) in [5.74, 6) is 0.225. The molecule has 0 saturated heterocycles. The van der Waals surface area contributed by atoms with Crippen LogP contribution in [0.2, 0.25) is 0 Å². The van der Waals surface area contributed by atoms with Gasteiger partial charge in [-0.05, 0) is 31.5 Å². The average Bonchev–Trinajstić information content (AvgIpc) is 2.25. The standard InChI is InChI=1S/C11H15F3N2O/c1-3-16(7-11(12,13)14)10-6-9(8(2)17)4-5-15-10/h4-6,8,17H,3,7H2,1-2H3/t8-/m1/s1. The third-order valence-electron chi connectivity index (χ3n) is 2.33. The number of nitrogens with zero attached hydrogens (tertiary/aromatic N) is 2. The molecule has 0 aliphatic carbocycles. The summed E-state index contributed by atoms with van der Waals surface area (Å²) in [7, 11) is 0. The van der Waals surface area contributed by atoms with Crippen molar-refractivity contribution in [3.8, 4) is 0 Å². The average molecular weight is 248 g/mol. The van der Waals surface area contributed by atoms with Gasteiger partial charge in [0.2, 0.25) is 0 Å². The normalized spacial score (nSPS) is 13.5. The highest BCUT2D eigenvalue weighted by atomic mass is 19.4. The highest BCUT2D eigenvalue weighted by Gasteiger charge is 2.30. The quantitative estimate of drug-likeness (QED) is 0.889. The predicted octanol–water partition coefficient (Wildman–Crippen LogP) is 2.52. The minimum absolute atomic E-state index is 0.204. The van der Waals surface area contributed by atoms with E-state index < -0.39 is 18.8 Å². The number of pyridine rings is 1. The molecule has 0 aromatic carbocycles. The fraction of sp³-hybridized carbons (Fsp3) is 0.545. The highest BCUT2D eigenvalue weighted by Crippen LogP contribution is 2.22. The van der Waals surface area contributed by atoms with Crippen molar-refractivity contribution in [3.05, 3.63) is 23.9 Å². The van der Waals surface area contributed by atoms with Gasteiger partial charge in [-0.2, -0.15) is 13.2 Å².